The summed E-state index contributed by atoms with van der Waals surface area (Å²) in [5.41, 5.74) is 2.47. The van der Waals surface area contributed by atoms with Gasteiger partial charge in [0.25, 0.3) is 0 Å². The molecule has 0 radical (unpaired) electrons. The Hall–Kier alpha value is -1.82. The largest absolute Gasteiger partial charge is 0.363 e. The van der Waals surface area contributed by atoms with Gasteiger partial charge in [0.05, 0.1) is 5.69 Å². The van der Waals surface area contributed by atoms with Crippen molar-refractivity contribution in [3.05, 3.63) is 29.5 Å². The molecule has 0 aliphatic rings. The third kappa shape index (κ3) is 3.50. The molecule has 122 valence electrons. The van der Waals surface area contributed by atoms with Crippen molar-refractivity contribution in [3.63, 3.8) is 0 Å². The van der Waals surface area contributed by atoms with E-state index in [2.05, 4.69) is 47.7 Å². The van der Waals surface area contributed by atoms with Gasteiger partial charge in [-0.1, -0.05) is 13.8 Å². The van der Waals surface area contributed by atoms with E-state index in [1.165, 1.54) is 17.1 Å². The van der Waals surface area contributed by atoms with E-state index in [0.29, 0.717) is 5.92 Å². The second-order valence-corrected chi connectivity index (χ2v) is 6.20. The number of imidazole rings is 1. The summed E-state index contributed by atoms with van der Waals surface area (Å²) in [6.07, 6.45) is 3.86. The van der Waals surface area contributed by atoms with E-state index < -0.39 is 0 Å². The molecule has 0 amide bonds. The summed E-state index contributed by atoms with van der Waals surface area (Å²) in [5.74, 6) is 2.66. The van der Waals surface area contributed by atoms with Crippen molar-refractivity contribution in [1.29, 1.82) is 0 Å². The van der Waals surface area contributed by atoms with Crippen molar-refractivity contribution in [2.45, 2.75) is 39.8 Å². The number of hydrogen-bond donors (Lipinski definition) is 1. The first-order valence-corrected chi connectivity index (χ1v) is 7.83. The minimum atomic E-state index is 0.424. The van der Waals surface area contributed by atoms with Crippen LogP contribution < -0.4 is 10.2 Å². The third-order valence-electron chi connectivity index (χ3n) is 3.87. The summed E-state index contributed by atoms with van der Waals surface area (Å²) in [7, 11) is 6.15. The molecule has 0 saturated heterocycles. The fraction of sp³-hybridized carbons (Fsp3) is 0.625. The molecule has 2 heterocycles. The van der Waals surface area contributed by atoms with E-state index >= 15 is 0 Å². The van der Waals surface area contributed by atoms with Crippen LogP contribution >= 0.6 is 0 Å². The first-order valence-electron chi connectivity index (χ1n) is 7.83. The summed E-state index contributed by atoms with van der Waals surface area (Å²) in [6.45, 7) is 9.10. The maximum absolute atomic E-state index is 4.69. The Morgan fingerprint density at radius 3 is 2.59 bits per heavy atom. The van der Waals surface area contributed by atoms with E-state index in [1.54, 1.807) is 0 Å². The second kappa shape index (κ2) is 6.96. The molecule has 1 N–H and O–H groups in total. The van der Waals surface area contributed by atoms with Gasteiger partial charge in [-0.2, -0.15) is 5.10 Å². The van der Waals surface area contributed by atoms with Crippen LogP contribution in [0.15, 0.2) is 12.4 Å². The topological polar surface area (TPSA) is 50.9 Å². The highest BCUT2D eigenvalue weighted by atomic mass is 15.4. The van der Waals surface area contributed by atoms with Crippen LogP contribution in [0, 0.1) is 6.92 Å². The van der Waals surface area contributed by atoms with E-state index in [9.17, 15) is 0 Å². The quantitative estimate of drug-likeness (QED) is 0.794. The van der Waals surface area contributed by atoms with E-state index in [-0.39, 0.29) is 0 Å². The molecular weight excluding hydrogens is 276 g/mol. The van der Waals surface area contributed by atoms with Gasteiger partial charge in [0.2, 0.25) is 0 Å². The van der Waals surface area contributed by atoms with Crippen LogP contribution in [0.5, 0.6) is 0 Å². The van der Waals surface area contributed by atoms with Gasteiger partial charge >= 0.3 is 0 Å². The van der Waals surface area contributed by atoms with Crippen molar-refractivity contribution in [2.75, 3.05) is 25.5 Å². The number of nitrogens with one attached hydrogen (secondary N) is 1. The van der Waals surface area contributed by atoms with Gasteiger partial charge in [-0.15, -0.1) is 0 Å². The Kier molecular flexibility index (Phi) is 5.24. The predicted octanol–water partition coefficient (Wildman–Crippen LogP) is 1.90. The Labute approximate surface area is 133 Å². The average molecular weight is 304 g/mol. The number of rotatable bonds is 7. The normalized spacial score (nSPS) is 11.4. The van der Waals surface area contributed by atoms with Gasteiger partial charge in [0.15, 0.2) is 0 Å². The molecule has 0 aliphatic heterocycles. The number of aromatic nitrogens is 4. The van der Waals surface area contributed by atoms with Crippen molar-refractivity contribution < 1.29 is 0 Å². The molecule has 0 unspecified atom stereocenters. The fourth-order valence-electron chi connectivity index (χ4n) is 2.83. The van der Waals surface area contributed by atoms with Crippen LogP contribution in [-0.4, -0.2) is 40.0 Å². The molecule has 0 spiro atoms. The van der Waals surface area contributed by atoms with Crippen LogP contribution in [0.3, 0.4) is 0 Å². The minimum absolute atomic E-state index is 0.424. The summed E-state index contributed by atoms with van der Waals surface area (Å²) in [5, 5.41) is 8.24. The highest BCUT2D eigenvalue weighted by Gasteiger charge is 2.19. The van der Waals surface area contributed by atoms with Crippen LogP contribution in [0.4, 0.5) is 5.82 Å². The summed E-state index contributed by atoms with van der Waals surface area (Å²) >= 11 is 0. The standard InChI is InChI=1S/C16H28N6/c1-12(2)15-14(16(20(4)5)21(6)19-15)11-17-7-9-22-10-8-18-13(22)3/h8,10,12,17H,7,9,11H2,1-6H3. The number of aryl methyl sites for hydroxylation is 2. The lowest BCUT2D eigenvalue weighted by Crippen LogP contribution is -2.22. The lowest BCUT2D eigenvalue weighted by atomic mass is 10.1. The van der Waals surface area contributed by atoms with E-state index in [4.69, 9.17) is 5.10 Å². The third-order valence-corrected chi connectivity index (χ3v) is 3.87. The van der Waals surface area contributed by atoms with Crippen LogP contribution in [0.1, 0.15) is 36.8 Å². The van der Waals surface area contributed by atoms with Crippen molar-refractivity contribution in [3.8, 4) is 0 Å². The molecule has 0 aliphatic carbocycles. The Morgan fingerprint density at radius 2 is 2.05 bits per heavy atom. The van der Waals surface area contributed by atoms with Crippen LogP contribution in [0.25, 0.3) is 0 Å². The van der Waals surface area contributed by atoms with Crippen molar-refractivity contribution >= 4 is 5.82 Å². The highest BCUT2D eigenvalue weighted by Crippen LogP contribution is 2.26. The molecule has 6 heteroatoms. The number of nitrogens with zero attached hydrogens (tertiary/aromatic N) is 5. The molecular formula is C16H28N6. The number of hydrogen-bond acceptors (Lipinski definition) is 4. The van der Waals surface area contributed by atoms with Crippen LogP contribution in [-0.2, 0) is 20.1 Å². The maximum Gasteiger partial charge on any atom is 0.130 e. The first-order chi connectivity index (χ1) is 10.4. The second-order valence-electron chi connectivity index (χ2n) is 6.20. The van der Waals surface area contributed by atoms with Gasteiger partial charge in [-0.05, 0) is 12.8 Å². The molecule has 2 aromatic rings. The van der Waals surface area contributed by atoms with Gasteiger partial charge < -0.3 is 14.8 Å². The summed E-state index contributed by atoms with van der Waals surface area (Å²) < 4.78 is 4.14. The Morgan fingerprint density at radius 1 is 1.32 bits per heavy atom. The molecule has 0 saturated carbocycles. The zero-order valence-corrected chi connectivity index (χ0v) is 14.6. The average Bonchev–Trinajstić information content (AvgIpc) is 2.98. The Bertz CT molecular complexity index is 608. The minimum Gasteiger partial charge on any atom is -0.363 e. The molecule has 0 aromatic carbocycles. The zero-order chi connectivity index (χ0) is 16.3. The molecule has 22 heavy (non-hydrogen) atoms. The SMILES string of the molecule is Cc1nccn1CCNCc1c(C(C)C)nn(C)c1N(C)C. The van der Waals surface area contributed by atoms with Crippen LogP contribution in [0.2, 0.25) is 0 Å². The van der Waals surface area contributed by atoms with Gasteiger partial charge in [-0.3, -0.25) is 4.68 Å². The first kappa shape index (κ1) is 16.5. The monoisotopic (exact) mass is 304 g/mol. The highest BCUT2D eigenvalue weighted by molar-refractivity contribution is 5.50. The smallest absolute Gasteiger partial charge is 0.130 e. The summed E-state index contributed by atoms with van der Waals surface area (Å²) in [4.78, 5) is 6.38. The fourth-order valence-corrected chi connectivity index (χ4v) is 2.83. The molecule has 6 nitrogen and oxygen atoms in total. The van der Waals surface area contributed by atoms with Crippen molar-refractivity contribution in [2.24, 2.45) is 7.05 Å². The van der Waals surface area contributed by atoms with E-state index in [0.717, 1.165) is 25.5 Å². The lowest BCUT2D eigenvalue weighted by molar-refractivity contribution is 0.584. The molecule has 0 bridgehead atoms. The zero-order valence-electron chi connectivity index (χ0n) is 14.6. The lowest BCUT2D eigenvalue weighted by Gasteiger charge is -2.16. The molecule has 2 aromatic heterocycles. The molecule has 0 fully saturated rings. The Balaban J connectivity index is 2.03. The molecule has 2 rings (SSSR count). The van der Waals surface area contributed by atoms with E-state index in [1.807, 2.05) is 31.0 Å². The maximum atomic E-state index is 4.69. The number of anilines is 1. The van der Waals surface area contributed by atoms with Gasteiger partial charge in [-0.25, -0.2) is 4.98 Å². The van der Waals surface area contributed by atoms with Gasteiger partial charge in [0.1, 0.15) is 11.6 Å². The molecule has 0 atom stereocenters. The van der Waals surface area contributed by atoms with Gasteiger partial charge in [0, 0.05) is 58.7 Å². The summed E-state index contributed by atoms with van der Waals surface area (Å²) in [6, 6.07) is 0. The predicted molar refractivity (Wildman–Crippen MR) is 90.3 cm³/mol. The van der Waals surface area contributed by atoms with Crippen molar-refractivity contribution in [1.82, 2.24) is 24.6 Å².